The number of H-pyrrole nitrogens is 1. The second-order valence-electron chi connectivity index (χ2n) is 4.23. The Labute approximate surface area is 105 Å². The largest absolute Gasteiger partial charge is 0.372 e. The third-order valence-electron chi connectivity index (χ3n) is 3.03. The first-order chi connectivity index (χ1) is 8.33. The number of rotatable bonds is 3. The van der Waals surface area contributed by atoms with Gasteiger partial charge in [-0.1, -0.05) is 18.2 Å². The molecule has 17 heavy (non-hydrogen) atoms. The molecule has 1 N–H and O–H groups in total. The maximum absolute atomic E-state index is 6.40. The SMILES string of the molecule is ClC(Cc1ncc[nH]1)c1ccc2c(c1)COC2. The van der Waals surface area contributed by atoms with Crippen molar-refractivity contribution in [2.45, 2.75) is 25.0 Å². The Morgan fingerprint density at radius 1 is 1.35 bits per heavy atom. The number of ether oxygens (including phenoxy) is 1. The van der Waals surface area contributed by atoms with Gasteiger partial charge < -0.3 is 9.72 Å². The zero-order valence-corrected chi connectivity index (χ0v) is 10.1. The lowest BCUT2D eigenvalue weighted by Gasteiger charge is -2.09. The van der Waals surface area contributed by atoms with E-state index in [9.17, 15) is 0 Å². The second kappa shape index (κ2) is 4.51. The quantitative estimate of drug-likeness (QED) is 0.848. The van der Waals surface area contributed by atoms with E-state index in [-0.39, 0.29) is 5.38 Å². The minimum absolute atomic E-state index is 0.0490. The predicted molar refractivity (Wildman–Crippen MR) is 65.8 cm³/mol. The zero-order valence-electron chi connectivity index (χ0n) is 9.32. The van der Waals surface area contributed by atoms with Gasteiger partial charge in [-0.15, -0.1) is 11.6 Å². The number of hydrogen-bond donors (Lipinski definition) is 1. The molecule has 0 bridgehead atoms. The molecule has 2 aromatic rings. The Bertz CT molecular complexity index is 510. The standard InChI is InChI=1S/C13H13ClN2O/c14-12(6-13-15-3-4-16-13)9-1-2-10-7-17-8-11(10)5-9/h1-5,12H,6-8H2,(H,15,16). The molecule has 1 aliphatic heterocycles. The third kappa shape index (κ3) is 2.21. The fourth-order valence-electron chi connectivity index (χ4n) is 2.08. The molecule has 1 aromatic heterocycles. The maximum Gasteiger partial charge on any atom is 0.107 e. The zero-order chi connectivity index (χ0) is 11.7. The lowest BCUT2D eigenvalue weighted by Crippen LogP contribution is -1.99. The molecule has 0 saturated heterocycles. The predicted octanol–water partition coefficient (Wildman–Crippen LogP) is 2.96. The fourth-order valence-corrected chi connectivity index (χ4v) is 2.37. The van der Waals surface area contributed by atoms with Crippen LogP contribution in [0.25, 0.3) is 0 Å². The number of alkyl halides is 1. The van der Waals surface area contributed by atoms with Crippen molar-refractivity contribution in [3.8, 4) is 0 Å². The molecule has 0 fully saturated rings. The molecule has 3 nitrogen and oxygen atoms in total. The van der Waals surface area contributed by atoms with Crippen molar-refractivity contribution in [1.82, 2.24) is 9.97 Å². The van der Waals surface area contributed by atoms with Crippen LogP contribution in [0.5, 0.6) is 0 Å². The Hall–Kier alpha value is -1.32. The summed E-state index contributed by atoms with van der Waals surface area (Å²) in [5.41, 5.74) is 3.66. The van der Waals surface area contributed by atoms with Gasteiger partial charge in [0.1, 0.15) is 5.82 Å². The molecule has 3 rings (SSSR count). The van der Waals surface area contributed by atoms with Crippen LogP contribution in [0.4, 0.5) is 0 Å². The normalized spacial score (nSPS) is 15.8. The topological polar surface area (TPSA) is 37.9 Å². The van der Waals surface area contributed by atoms with Crippen molar-refractivity contribution in [3.05, 3.63) is 53.1 Å². The van der Waals surface area contributed by atoms with E-state index in [4.69, 9.17) is 16.3 Å². The Morgan fingerprint density at radius 3 is 3.06 bits per heavy atom. The fraction of sp³-hybridized carbons (Fsp3) is 0.308. The van der Waals surface area contributed by atoms with Gasteiger partial charge in [0, 0.05) is 18.8 Å². The smallest absolute Gasteiger partial charge is 0.107 e. The average Bonchev–Trinajstić information content (AvgIpc) is 2.97. The second-order valence-corrected chi connectivity index (χ2v) is 4.76. The van der Waals surface area contributed by atoms with Crippen LogP contribution in [0.3, 0.4) is 0 Å². The Morgan fingerprint density at radius 2 is 2.24 bits per heavy atom. The molecule has 0 spiro atoms. The van der Waals surface area contributed by atoms with Crippen molar-refractivity contribution in [2.24, 2.45) is 0 Å². The first kappa shape index (κ1) is 10.8. The average molecular weight is 249 g/mol. The van der Waals surface area contributed by atoms with E-state index >= 15 is 0 Å². The van der Waals surface area contributed by atoms with Crippen LogP contribution in [-0.2, 0) is 24.4 Å². The van der Waals surface area contributed by atoms with Gasteiger partial charge in [-0.3, -0.25) is 0 Å². The van der Waals surface area contributed by atoms with E-state index in [1.54, 1.807) is 6.20 Å². The molecule has 88 valence electrons. The summed E-state index contributed by atoms with van der Waals surface area (Å²) in [6.07, 6.45) is 4.28. The summed E-state index contributed by atoms with van der Waals surface area (Å²) < 4.78 is 5.39. The number of imidazole rings is 1. The van der Waals surface area contributed by atoms with Gasteiger partial charge >= 0.3 is 0 Å². The van der Waals surface area contributed by atoms with Crippen molar-refractivity contribution in [1.29, 1.82) is 0 Å². The van der Waals surface area contributed by atoms with E-state index in [1.807, 2.05) is 6.20 Å². The molecule has 0 aliphatic carbocycles. The maximum atomic E-state index is 6.40. The highest BCUT2D eigenvalue weighted by atomic mass is 35.5. The highest BCUT2D eigenvalue weighted by molar-refractivity contribution is 6.20. The molecule has 0 radical (unpaired) electrons. The van der Waals surface area contributed by atoms with Crippen molar-refractivity contribution >= 4 is 11.6 Å². The molecule has 0 amide bonds. The van der Waals surface area contributed by atoms with Crippen LogP contribution in [0.15, 0.2) is 30.6 Å². The van der Waals surface area contributed by atoms with Crippen LogP contribution in [0.1, 0.15) is 27.9 Å². The van der Waals surface area contributed by atoms with Crippen LogP contribution < -0.4 is 0 Å². The Balaban J connectivity index is 1.79. The number of hydrogen-bond acceptors (Lipinski definition) is 2. The van der Waals surface area contributed by atoms with Gasteiger partial charge in [0.2, 0.25) is 0 Å². The monoisotopic (exact) mass is 248 g/mol. The molecule has 1 atom stereocenters. The van der Waals surface area contributed by atoms with Crippen LogP contribution in [0, 0.1) is 0 Å². The lowest BCUT2D eigenvalue weighted by atomic mass is 10.0. The van der Waals surface area contributed by atoms with Crippen molar-refractivity contribution < 1.29 is 4.74 Å². The molecular weight excluding hydrogens is 236 g/mol. The van der Waals surface area contributed by atoms with Crippen molar-refractivity contribution in [3.63, 3.8) is 0 Å². The van der Waals surface area contributed by atoms with E-state index in [2.05, 4.69) is 28.2 Å². The number of nitrogens with zero attached hydrogens (tertiary/aromatic N) is 1. The van der Waals surface area contributed by atoms with Crippen LogP contribution in [-0.4, -0.2) is 9.97 Å². The molecule has 1 aliphatic rings. The summed E-state index contributed by atoms with van der Waals surface area (Å²) in [5, 5.41) is -0.0490. The summed E-state index contributed by atoms with van der Waals surface area (Å²) in [4.78, 5) is 7.26. The van der Waals surface area contributed by atoms with Gasteiger partial charge in [-0.2, -0.15) is 0 Å². The summed E-state index contributed by atoms with van der Waals surface area (Å²) in [7, 11) is 0. The summed E-state index contributed by atoms with van der Waals surface area (Å²) in [6, 6.07) is 6.33. The summed E-state index contributed by atoms with van der Waals surface area (Å²) in [5.74, 6) is 0.918. The first-order valence-corrected chi connectivity index (χ1v) is 6.08. The number of nitrogens with one attached hydrogen (secondary N) is 1. The van der Waals surface area contributed by atoms with E-state index < -0.39 is 0 Å². The summed E-state index contributed by atoms with van der Waals surface area (Å²) >= 11 is 6.40. The van der Waals surface area contributed by atoms with Gasteiger partial charge in [0.25, 0.3) is 0 Å². The minimum Gasteiger partial charge on any atom is -0.372 e. The minimum atomic E-state index is -0.0490. The molecule has 0 saturated carbocycles. The molecular formula is C13H13ClN2O. The van der Waals surface area contributed by atoms with Gasteiger partial charge in [0.15, 0.2) is 0 Å². The van der Waals surface area contributed by atoms with Crippen LogP contribution >= 0.6 is 11.6 Å². The first-order valence-electron chi connectivity index (χ1n) is 5.64. The molecule has 1 aromatic carbocycles. The van der Waals surface area contributed by atoms with Gasteiger partial charge in [-0.05, 0) is 16.7 Å². The molecule has 1 unspecified atom stereocenters. The van der Waals surface area contributed by atoms with E-state index in [0.717, 1.165) is 18.0 Å². The lowest BCUT2D eigenvalue weighted by molar-refractivity contribution is 0.134. The number of aromatic amines is 1. The summed E-state index contributed by atoms with van der Waals surface area (Å²) in [6.45, 7) is 1.42. The van der Waals surface area contributed by atoms with Gasteiger partial charge in [0.05, 0.1) is 18.6 Å². The number of benzene rings is 1. The number of fused-ring (bicyclic) bond motifs is 1. The highest BCUT2D eigenvalue weighted by Crippen LogP contribution is 2.28. The Kier molecular flexibility index (Phi) is 2.87. The number of halogens is 1. The highest BCUT2D eigenvalue weighted by Gasteiger charge is 2.15. The van der Waals surface area contributed by atoms with E-state index in [1.165, 1.54) is 11.1 Å². The third-order valence-corrected chi connectivity index (χ3v) is 3.44. The van der Waals surface area contributed by atoms with Crippen LogP contribution in [0.2, 0.25) is 0 Å². The molecule has 4 heteroatoms. The molecule has 2 heterocycles. The number of aromatic nitrogens is 2. The van der Waals surface area contributed by atoms with Crippen molar-refractivity contribution in [2.75, 3.05) is 0 Å². The van der Waals surface area contributed by atoms with Gasteiger partial charge in [-0.25, -0.2) is 4.98 Å². The van der Waals surface area contributed by atoms with E-state index in [0.29, 0.717) is 13.0 Å².